The quantitative estimate of drug-likeness (QED) is 0.268. The van der Waals surface area contributed by atoms with E-state index in [2.05, 4.69) is 15.8 Å². The third kappa shape index (κ3) is 6.07. The molecule has 182 valence electrons. The van der Waals surface area contributed by atoms with Gasteiger partial charge >= 0.3 is 0 Å². The van der Waals surface area contributed by atoms with Gasteiger partial charge in [-0.3, -0.25) is 9.59 Å². The summed E-state index contributed by atoms with van der Waals surface area (Å²) in [5.41, 5.74) is 4.73. The van der Waals surface area contributed by atoms with Crippen molar-refractivity contribution in [1.29, 1.82) is 0 Å². The Morgan fingerprint density at radius 1 is 0.917 bits per heavy atom. The molecule has 1 atom stereocenters. The SMILES string of the molecule is COc1ccc(C(=O)NC(C)C(=O)NN=Cc2c(OCc3ccccc3)ccc3ccccc23)cc1. The topological polar surface area (TPSA) is 89.0 Å². The van der Waals surface area contributed by atoms with Crippen LogP contribution in [0.25, 0.3) is 10.8 Å². The van der Waals surface area contributed by atoms with Gasteiger partial charge in [-0.15, -0.1) is 0 Å². The number of fused-ring (bicyclic) bond motifs is 1. The van der Waals surface area contributed by atoms with Crippen LogP contribution in [0, 0.1) is 0 Å². The molecule has 36 heavy (non-hydrogen) atoms. The summed E-state index contributed by atoms with van der Waals surface area (Å²) < 4.78 is 11.2. The zero-order valence-corrected chi connectivity index (χ0v) is 20.1. The maximum Gasteiger partial charge on any atom is 0.262 e. The van der Waals surface area contributed by atoms with E-state index in [-0.39, 0.29) is 5.91 Å². The summed E-state index contributed by atoms with van der Waals surface area (Å²) in [6, 6.07) is 27.5. The molecule has 0 bridgehead atoms. The standard InChI is InChI=1S/C29H27N3O4/c1-20(31-29(34)23-12-15-24(35-2)16-13-23)28(33)32-30-18-26-25-11-7-6-10-22(25)14-17-27(26)36-19-21-8-4-3-5-9-21/h3-18,20H,19H2,1-2H3,(H,31,34)(H,32,33). The van der Waals surface area contributed by atoms with Crippen molar-refractivity contribution in [2.75, 3.05) is 7.11 Å². The second kappa shape index (κ2) is 11.7. The van der Waals surface area contributed by atoms with Crippen LogP contribution in [0.15, 0.2) is 96.1 Å². The highest BCUT2D eigenvalue weighted by Gasteiger charge is 2.16. The largest absolute Gasteiger partial charge is 0.497 e. The molecule has 7 nitrogen and oxygen atoms in total. The molecule has 0 saturated carbocycles. The molecule has 0 fully saturated rings. The third-order valence-electron chi connectivity index (χ3n) is 5.63. The summed E-state index contributed by atoms with van der Waals surface area (Å²) in [4.78, 5) is 25.0. The minimum Gasteiger partial charge on any atom is -0.497 e. The number of nitrogens with one attached hydrogen (secondary N) is 2. The molecule has 0 aliphatic rings. The highest BCUT2D eigenvalue weighted by molar-refractivity contribution is 6.03. The van der Waals surface area contributed by atoms with Gasteiger partial charge in [0.05, 0.1) is 13.3 Å². The van der Waals surface area contributed by atoms with Gasteiger partial charge in [-0.25, -0.2) is 5.43 Å². The van der Waals surface area contributed by atoms with Gasteiger partial charge in [-0.1, -0.05) is 60.7 Å². The van der Waals surface area contributed by atoms with Gasteiger partial charge in [0.15, 0.2) is 0 Å². The number of carbonyl (C=O) groups excluding carboxylic acids is 2. The van der Waals surface area contributed by atoms with Gasteiger partial charge in [0.1, 0.15) is 24.1 Å². The first-order chi connectivity index (χ1) is 17.5. The molecule has 0 spiro atoms. The predicted octanol–water partition coefficient (Wildman–Crippen LogP) is 4.70. The first-order valence-corrected chi connectivity index (χ1v) is 11.5. The van der Waals surface area contributed by atoms with Crippen LogP contribution in [0.5, 0.6) is 11.5 Å². The van der Waals surface area contributed by atoms with Crippen molar-refractivity contribution in [1.82, 2.24) is 10.7 Å². The second-order valence-electron chi connectivity index (χ2n) is 8.13. The number of hydrogen-bond donors (Lipinski definition) is 2. The monoisotopic (exact) mass is 481 g/mol. The lowest BCUT2D eigenvalue weighted by Crippen LogP contribution is -2.43. The molecule has 0 aliphatic heterocycles. The van der Waals surface area contributed by atoms with Crippen LogP contribution in [0.3, 0.4) is 0 Å². The number of hydrogen-bond acceptors (Lipinski definition) is 5. The van der Waals surface area contributed by atoms with Crippen molar-refractivity contribution < 1.29 is 19.1 Å². The van der Waals surface area contributed by atoms with E-state index in [1.54, 1.807) is 44.5 Å². The van der Waals surface area contributed by atoms with Crippen molar-refractivity contribution in [2.24, 2.45) is 5.10 Å². The van der Waals surface area contributed by atoms with E-state index in [1.165, 1.54) is 0 Å². The number of rotatable bonds is 9. The van der Waals surface area contributed by atoms with Gasteiger partial charge in [0.25, 0.3) is 11.8 Å². The summed E-state index contributed by atoms with van der Waals surface area (Å²) in [5.74, 6) is 0.485. The Morgan fingerprint density at radius 3 is 2.39 bits per heavy atom. The molecule has 0 radical (unpaired) electrons. The molecule has 2 N–H and O–H groups in total. The zero-order valence-electron chi connectivity index (χ0n) is 20.1. The van der Waals surface area contributed by atoms with E-state index in [1.807, 2.05) is 66.7 Å². The molecular weight excluding hydrogens is 454 g/mol. The van der Waals surface area contributed by atoms with Gasteiger partial charge in [-0.05, 0) is 53.6 Å². The molecule has 7 heteroatoms. The van der Waals surface area contributed by atoms with E-state index in [0.717, 1.165) is 21.9 Å². The average molecular weight is 482 g/mol. The number of hydrazone groups is 1. The molecule has 1 unspecified atom stereocenters. The Hall–Kier alpha value is -4.65. The summed E-state index contributed by atoms with van der Waals surface area (Å²) in [6.07, 6.45) is 1.57. The van der Waals surface area contributed by atoms with Gasteiger partial charge in [0, 0.05) is 11.1 Å². The third-order valence-corrected chi connectivity index (χ3v) is 5.63. The van der Waals surface area contributed by atoms with Gasteiger partial charge in [0.2, 0.25) is 0 Å². The van der Waals surface area contributed by atoms with E-state index >= 15 is 0 Å². The number of benzene rings is 4. The summed E-state index contributed by atoms with van der Waals surface area (Å²) >= 11 is 0. The maximum atomic E-state index is 12.6. The fourth-order valence-electron chi connectivity index (χ4n) is 3.62. The van der Waals surface area contributed by atoms with Crippen LogP contribution in [0.1, 0.15) is 28.4 Å². The van der Waals surface area contributed by atoms with E-state index < -0.39 is 11.9 Å². The summed E-state index contributed by atoms with van der Waals surface area (Å²) in [7, 11) is 1.55. The van der Waals surface area contributed by atoms with Gasteiger partial charge < -0.3 is 14.8 Å². The Labute approximate surface area is 209 Å². The molecule has 0 aliphatic carbocycles. The molecule has 4 aromatic rings. The van der Waals surface area contributed by atoms with E-state index in [4.69, 9.17) is 9.47 Å². The molecule has 4 rings (SSSR count). The Morgan fingerprint density at radius 2 is 1.64 bits per heavy atom. The van der Waals surface area contributed by atoms with Crippen LogP contribution in [-0.2, 0) is 11.4 Å². The lowest BCUT2D eigenvalue weighted by Gasteiger charge is -2.13. The number of methoxy groups -OCH3 is 1. The van der Waals surface area contributed by atoms with Crippen LogP contribution in [-0.4, -0.2) is 31.2 Å². The van der Waals surface area contributed by atoms with Crippen molar-refractivity contribution in [3.63, 3.8) is 0 Å². The van der Waals surface area contributed by atoms with E-state index in [9.17, 15) is 9.59 Å². The number of carbonyl (C=O) groups is 2. The minimum atomic E-state index is -0.793. The fourth-order valence-corrected chi connectivity index (χ4v) is 3.62. The van der Waals surface area contributed by atoms with Gasteiger partial charge in [-0.2, -0.15) is 5.10 Å². The first kappa shape index (κ1) is 24.5. The lowest BCUT2D eigenvalue weighted by atomic mass is 10.0. The summed E-state index contributed by atoms with van der Waals surface area (Å²) in [5, 5.41) is 8.80. The second-order valence-corrected chi connectivity index (χ2v) is 8.13. The van der Waals surface area contributed by atoms with Crippen molar-refractivity contribution in [3.8, 4) is 11.5 Å². The normalized spacial score (nSPS) is 11.7. The van der Waals surface area contributed by atoms with Crippen molar-refractivity contribution in [3.05, 3.63) is 108 Å². The molecule has 0 aromatic heterocycles. The van der Waals surface area contributed by atoms with E-state index in [0.29, 0.717) is 23.7 Å². The lowest BCUT2D eigenvalue weighted by molar-refractivity contribution is -0.122. The molecule has 0 heterocycles. The fraction of sp³-hybridized carbons (Fsp3) is 0.138. The minimum absolute atomic E-state index is 0.366. The number of ether oxygens (including phenoxy) is 2. The highest BCUT2D eigenvalue weighted by atomic mass is 16.5. The first-order valence-electron chi connectivity index (χ1n) is 11.5. The Kier molecular flexibility index (Phi) is 7.93. The smallest absolute Gasteiger partial charge is 0.262 e. The van der Waals surface area contributed by atoms with Crippen molar-refractivity contribution >= 4 is 28.8 Å². The van der Waals surface area contributed by atoms with Crippen LogP contribution < -0.4 is 20.2 Å². The average Bonchev–Trinajstić information content (AvgIpc) is 2.92. The van der Waals surface area contributed by atoms with Crippen LogP contribution in [0.4, 0.5) is 0 Å². The highest BCUT2D eigenvalue weighted by Crippen LogP contribution is 2.27. The number of nitrogens with zero attached hydrogens (tertiary/aromatic N) is 1. The molecular formula is C29H27N3O4. The molecule has 2 amide bonds. The number of amides is 2. The van der Waals surface area contributed by atoms with Crippen molar-refractivity contribution in [2.45, 2.75) is 19.6 Å². The Bertz CT molecular complexity index is 1370. The predicted molar refractivity (Wildman–Crippen MR) is 140 cm³/mol. The zero-order chi connectivity index (χ0) is 25.3. The maximum absolute atomic E-state index is 12.6. The van der Waals surface area contributed by atoms with Crippen LogP contribution >= 0.6 is 0 Å². The molecule has 4 aromatic carbocycles. The van der Waals surface area contributed by atoms with Crippen LogP contribution in [0.2, 0.25) is 0 Å². The molecule has 0 saturated heterocycles. The summed E-state index contributed by atoms with van der Waals surface area (Å²) in [6.45, 7) is 2.00. The Balaban J connectivity index is 1.44.